The van der Waals surface area contributed by atoms with Crippen LogP contribution < -0.4 is 10.6 Å². The lowest BCUT2D eigenvalue weighted by Crippen LogP contribution is -2.26. The Morgan fingerprint density at radius 3 is 2.69 bits per heavy atom. The zero-order valence-corrected chi connectivity index (χ0v) is 10.2. The molecule has 0 aromatic carbocycles. The molecular formula is C9H16N4O2S. The summed E-state index contributed by atoms with van der Waals surface area (Å²) in [4.78, 5) is 9.97. The highest BCUT2D eigenvalue weighted by molar-refractivity contribution is 7.90. The van der Waals surface area contributed by atoms with Gasteiger partial charge in [0.25, 0.3) is 0 Å². The van der Waals surface area contributed by atoms with E-state index in [1.807, 2.05) is 0 Å². The summed E-state index contributed by atoms with van der Waals surface area (Å²) in [7, 11) is -1.18. The van der Waals surface area contributed by atoms with Crippen molar-refractivity contribution in [3.05, 3.63) is 18.1 Å². The molecular weight excluding hydrogens is 228 g/mol. The van der Waals surface area contributed by atoms with Crippen molar-refractivity contribution in [2.45, 2.75) is 6.54 Å². The molecule has 2 N–H and O–H groups in total. The Hall–Kier alpha value is -1.21. The Kier molecular flexibility index (Phi) is 4.19. The van der Waals surface area contributed by atoms with Crippen molar-refractivity contribution in [2.75, 3.05) is 30.5 Å². The van der Waals surface area contributed by atoms with Crippen LogP contribution in [0.1, 0.15) is 5.69 Å². The summed E-state index contributed by atoms with van der Waals surface area (Å²) in [5.74, 6) is 0.726. The minimum Gasteiger partial charge on any atom is -0.357 e. The first-order valence-corrected chi connectivity index (χ1v) is 6.88. The third-order valence-electron chi connectivity index (χ3n) is 2.07. The molecule has 0 bridgehead atoms. The van der Waals surface area contributed by atoms with E-state index in [9.17, 15) is 8.42 Å². The number of hydrogen-bond donors (Lipinski definition) is 1. The summed E-state index contributed by atoms with van der Waals surface area (Å²) < 4.78 is 22.0. The van der Waals surface area contributed by atoms with Crippen LogP contribution in [-0.4, -0.2) is 44.0 Å². The second-order valence-electron chi connectivity index (χ2n) is 3.62. The van der Waals surface area contributed by atoms with Gasteiger partial charge in [-0.1, -0.05) is 0 Å². The first kappa shape index (κ1) is 12.9. The van der Waals surface area contributed by atoms with Crippen LogP contribution in [0.3, 0.4) is 0 Å². The Balaban J connectivity index is 2.69. The highest BCUT2D eigenvalue weighted by Crippen LogP contribution is 2.07. The van der Waals surface area contributed by atoms with Gasteiger partial charge in [0.2, 0.25) is 0 Å². The average Bonchev–Trinajstić information content (AvgIpc) is 2.25. The molecule has 0 aliphatic heterocycles. The smallest absolute Gasteiger partial charge is 0.149 e. The maximum atomic E-state index is 11.0. The molecule has 0 spiro atoms. The average molecular weight is 244 g/mol. The van der Waals surface area contributed by atoms with E-state index < -0.39 is 9.84 Å². The van der Waals surface area contributed by atoms with Crippen LogP contribution in [0.4, 0.5) is 5.82 Å². The largest absolute Gasteiger partial charge is 0.357 e. The van der Waals surface area contributed by atoms with Crippen LogP contribution in [-0.2, 0) is 16.4 Å². The summed E-state index contributed by atoms with van der Waals surface area (Å²) in [6, 6.07) is 0. The minimum atomic E-state index is -2.96. The topological polar surface area (TPSA) is 89.2 Å². The van der Waals surface area contributed by atoms with E-state index in [-0.39, 0.29) is 5.75 Å². The van der Waals surface area contributed by atoms with Crippen LogP contribution in [0.25, 0.3) is 0 Å². The Morgan fingerprint density at radius 2 is 2.12 bits per heavy atom. The van der Waals surface area contributed by atoms with E-state index >= 15 is 0 Å². The molecule has 1 aromatic heterocycles. The van der Waals surface area contributed by atoms with Gasteiger partial charge in [-0.2, -0.15) is 0 Å². The van der Waals surface area contributed by atoms with Gasteiger partial charge in [-0.25, -0.2) is 13.4 Å². The van der Waals surface area contributed by atoms with Gasteiger partial charge in [-0.3, -0.25) is 4.98 Å². The number of hydrogen-bond acceptors (Lipinski definition) is 6. The highest BCUT2D eigenvalue weighted by Gasteiger charge is 2.08. The fourth-order valence-electron chi connectivity index (χ4n) is 1.09. The molecule has 90 valence electrons. The van der Waals surface area contributed by atoms with Gasteiger partial charge in [0.1, 0.15) is 15.7 Å². The van der Waals surface area contributed by atoms with Gasteiger partial charge in [-0.05, 0) is 0 Å². The van der Waals surface area contributed by atoms with Gasteiger partial charge < -0.3 is 10.6 Å². The Labute approximate surface area is 95.4 Å². The molecule has 0 saturated carbocycles. The lowest BCUT2D eigenvalue weighted by molar-refractivity contribution is 0.601. The summed E-state index contributed by atoms with van der Waals surface area (Å²) in [6.07, 6.45) is 4.39. The molecule has 6 nitrogen and oxygen atoms in total. The third-order valence-corrected chi connectivity index (χ3v) is 2.99. The zero-order chi connectivity index (χ0) is 12.2. The molecule has 1 aromatic rings. The maximum Gasteiger partial charge on any atom is 0.149 e. The van der Waals surface area contributed by atoms with Crippen LogP contribution in [0.2, 0.25) is 0 Å². The number of sulfone groups is 1. The van der Waals surface area contributed by atoms with Crippen molar-refractivity contribution in [3.8, 4) is 0 Å². The lowest BCUT2D eigenvalue weighted by atomic mass is 10.4. The van der Waals surface area contributed by atoms with E-state index in [1.54, 1.807) is 24.3 Å². The molecule has 0 unspecified atom stereocenters. The molecule has 0 radical (unpaired) electrons. The summed E-state index contributed by atoms with van der Waals surface area (Å²) in [5, 5.41) is 0. The normalized spacial score (nSPS) is 11.4. The molecule has 0 amide bonds. The van der Waals surface area contributed by atoms with Crippen LogP contribution in [0, 0.1) is 0 Å². The van der Waals surface area contributed by atoms with E-state index in [2.05, 4.69) is 9.97 Å². The van der Waals surface area contributed by atoms with E-state index in [0.29, 0.717) is 24.6 Å². The van der Waals surface area contributed by atoms with Gasteiger partial charge in [0, 0.05) is 32.6 Å². The standard InChI is InChI=1S/C9H16N4O2S/c1-13(3-4-16(2,14)15)9-7-11-6-8(5-10)12-9/h6-7H,3-5,10H2,1-2H3. The van der Waals surface area contributed by atoms with Gasteiger partial charge >= 0.3 is 0 Å². The highest BCUT2D eigenvalue weighted by atomic mass is 32.2. The van der Waals surface area contributed by atoms with Crippen molar-refractivity contribution in [2.24, 2.45) is 5.73 Å². The van der Waals surface area contributed by atoms with E-state index in [1.165, 1.54) is 6.26 Å². The zero-order valence-electron chi connectivity index (χ0n) is 9.42. The van der Waals surface area contributed by atoms with Crippen LogP contribution >= 0.6 is 0 Å². The maximum absolute atomic E-state index is 11.0. The van der Waals surface area contributed by atoms with Crippen molar-refractivity contribution >= 4 is 15.7 Å². The van der Waals surface area contributed by atoms with Crippen molar-refractivity contribution < 1.29 is 8.42 Å². The monoisotopic (exact) mass is 244 g/mol. The molecule has 0 fully saturated rings. The number of rotatable bonds is 5. The van der Waals surface area contributed by atoms with E-state index in [4.69, 9.17) is 5.73 Å². The Morgan fingerprint density at radius 1 is 1.44 bits per heavy atom. The minimum absolute atomic E-state index is 0.0953. The van der Waals surface area contributed by atoms with Crippen molar-refractivity contribution in [1.82, 2.24) is 9.97 Å². The predicted octanol–water partition coefficient (Wildman–Crippen LogP) is -0.584. The number of nitrogens with two attached hydrogens (primary N) is 1. The Bertz CT molecular complexity index is 447. The molecule has 0 aliphatic carbocycles. The molecule has 1 heterocycles. The third kappa shape index (κ3) is 4.11. The SMILES string of the molecule is CN(CCS(C)(=O)=O)c1cncc(CN)n1. The molecule has 7 heteroatoms. The molecule has 1 rings (SSSR count). The van der Waals surface area contributed by atoms with Crippen molar-refractivity contribution in [1.29, 1.82) is 0 Å². The quantitative estimate of drug-likeness (QED) is 0.745. The second-order valence-corrected chi connectivity index (χ2v) is 5.88. The fraction of sp³-hybridized carbons (Fsp3) is 0.556. The molecule has 0 saturated heterocycles. The van der Waals surface area contributed by atoms with Gasteiger partial charge in [0.05, 0.1) is 17.6 Å². The number of anilines is 1. The number of aromatic nitrogens is 2. The first-order chi connectivity index (χ1) is 7.42. The molecule has 0 atom stereocenters. The van der Waals surface area contributed by atoms with Crippen molar-refractivity contribution in [3.63, 3.8) is 0 Å². The summed E-state index contributed by atoms with van der Waals surface area (Å²) in [6.45, 7) is 0.711. The molecule has 0 aliphatic rings. The number of nitrogens with zero attached hydrogens (tertiary/aromatic N) is 3. The first-order valence-electron chi connectivity index (χ1n) is 4.82. The van der Waals surface area contributed by atoms with E-state index in [0.717, 1.165) is 0 Å². The predicted molar refractivity (Wildman–Crippen MR) is 62.9 cm³/mol. The lowest BCUT2D eigenvalue weighted by Gasteiger charge is -2.17. The molecule has 16 heavy (non-hydrogen) atoms. The second kappa shape index (κ2) is 5.22. The van der Waals surface area contributed by atoms with Gasteiger partial charge in [0.15, 0.2) is 0 Å². The van der Waals surface area contributed by atoms with Crippen LogP contribution in [0.5, 0.6) is 0 Å². The summed E-state index contributed by atoms with van der Waals surface area (Å²) in [5.41, 5.74) is 6.13. The fourth-order valence-corrected chi connectivity index (χ4v) is 1.70. The van der Waals surface area contributed by atoms with Crippen LogP contribution in [0.15, 0.2) is 12.4 Å². The van der Waals surface area contributed by atoms with Gasteiger partial charge in [-0.15, -0.1) is 0 Å². The summed E-state index contributed by atoms with van der Waals surface area (Å²) >= 11 is 0.